The zero-order chi connectivity index (χ0) is 14.8. The van der Waals surface area contributed by atoms with Gasteiger partial charge in [-0.2, -0.15) is 0 Å². The number of hydrogen-bond donors (Lipinski definition) is 0. The molecule has 0 fully saturated rings. The molecule has 2 heteroatoms. The fraction of sp³-hybridized carbons (Fsp3) is 0.263. The quantitative estimate of drug-likeness (QED) is 0.823. The molecule has 0 radical (unpaired) electrons. The molecule has 108 valence electrons. The number of rotatable bonds is 3. The molecule has 1 aliphatic heterocycles. The molecule has 0 unspecified atom stereocenters. The van der Waals surface area contributed by atoms with Crippen molar-refractivity contribution in [3.63, 3.8) is 0 Å². The van der Waals surface area contributed by atoms with E-state index in [1.54, 1.807) is 0 Å². The Bertz CT molecular complexity index is 636. The van der Waals surface area contributed by atoms with Gasteiger partial charge in [-0.05, 0) is 37.5 Å². The van der Waals surface area contributed by atoms with Gasteiger partial charge < -0.3 is 9.80 Å². The highest BCUT2D eigenvalue weighted by Crippen LogP contribution is 2.29. The maximum atomic E-state index is 2.34. The van der Waals surface area contributed by atoms with E-state index in [1.807, 2.05) is 0 Å². The first-order valence-corrected chi connectivity index (χ1v) is 7.44. The maximum Gasteiger partial charge on any atom is 0.0945 e. The van der Waals surface area contributed by atoms with Crippen LogP contribution in [0.1, 0.15) is 22.3 Å². The van der Waals surface area contributed by atoms with Crippen molar-refractivity contribution in [2.75, 3.05) is 11.6 Å². The Morgan fingerprint density at radius 3 is 2.24 bits per heavy atom. The Hall–Kier alpha value is -2.22. The minimum absolute atomic E-state index is 0.916. The SMILES string of the molecule is Cc1cc(C)c(N2C=CN(Cc3ccccc3)C2)c(C)c1. The summed E-state index contributed by atoms with van der Waals surface area (Å²) < 4.78 is 0. The molecule has 0 saturated heterocycles. The molecular weight excluding hydrogens is 256 g/mol. The van der Waals surface area contributed by atoms with Gasteiger partial charge in [-0.25, -0.2) is 0 Å². The average Bonchev–Trinajstić information content (AvgIpc) is 2.87. The van der Waals surface area contributed by atoms with Crippen LogP contribution in [0.25, 0.3) is 0 Å². The Morgan fingerprint density at radius 2 is 1.57 bits per heavy atom. The summed E-state index contributed by atoms with van der Waals surface area (Å²) in [5.41, 5.74) is 6.71. The van der Waals surface area contributed by atoms with E-state index >= 15 is 0 Å². The smallest absolute Gasteiger partial charge is 0.0945 e. The molecule has 0 bridgehead atoms. The number of aryl methyl sites for hydroxylation is 3. The standard InChI is InChI=1S/C19H22N2/c1-15-11-16(2)19(17(3)12-15)21-10-9-20(14-21)13-18-7-5-4-6-8-18/h4-12H,13-14H2,1-3H3. The molecule has 21 heavy (non-hydrogen) atoms. The lowest BCUT2D eigenvalue weighted by Gasteiger charge is -2.24. The van der Waals surface area contributed by atoms with E-state index in [1.165, 1.54) is 27.9 Å². The average molecular weight is 278 g/mol. The van der Waals surface area contributed by atoms with Crippen LogP contribution < -0.4 is 4.90 Å². The van der Waals surface area contributed by atoms with E-state index in [-0.39, 0.29) is 0 Å². The predicted octanol–water partition coefficient (Wildman–Crippen LogP) is 4.36. The second-order valence-corrected chi connectivity index (χ2v) is 5.89. The molecule has 1 aliphatic rings. The molecule has 2 nitrogen and oxygen atoms in total. The summed E-state index contributed by atoms with van der Waals surface area (Å²) in [6, 6.07) is 15.1. The van der Waals surface area contributed by atoms with Gasteiger partial charge in [-0.15, -0.1) is 0 Å². The summed E-state index contributed by atoms with van der Waals surface area (Å²) in [4.78, 5) is 4.68. The first-order chi connectivity index (χ1) is 10.1. The van der Waals surface area contributed by atoms with Crippen LogP contribution in [0.3, 0.4) is 0 Å². The Morgan fingerprint density at radius 1 is 0.905 bits per heavy atom. The molecule has 0 atom stereocenters. The van der Waals surface area contributed by atoms with Gasteiger partial charge >= 0.3 is 0 Å². The van der Waals surface area contributed by atoms with Crippen molar-refractivity contribution < 1.29 is 0 Å². The monoisotopic (exact) mass is 278 g/mol. The second kappa shape index (κ2) is 5.65. The molecule has 2 aromatic rings. The highest BCUT2D eigenvalue weighted by Gasteiger charge is 2.17. The van der Waals surface area contributed by atoms with Crippen molar-refractivity contribution in [1.29, 1.82) is 0 Å². The highest BCUT2D eigenvalue weighted by molar-refractivity contribution is 5.62. The van der Waals surface area contributed by atoms with Gasteiger partial charge in [0.05, 0.1) is 6.67 Å². The number of nitrogens with zero attached hydrogens (tertiary/aromatic N) is 2. The van der Waals surface area contributed by atoms with Crippen LogP contribution >= 0.6 is 0 Å². The van der Waals surface area contributed by atoms with Gasteiger partial charge in [-0.1, -0.05) is 48.0 Å². The third kappa shape index (κ3) is 2.94. The fourth-order valence-electron chi connectivity index (χ4n) is 3.16. The lowest BCUT2D eigenvalue weighted by Crippen LogP contribution is -2.25. The minimum atomic E-state index is 0.916. The Labute approximate surface area is 127 Å². The van der Waals surface area contributed by atoms with E-state index in [2.05, 4.69) is 85.4 Å². The largest absolute Gasteiger partial charge is 0.354 e. The van der Waals surface area contributed by atoms with Crippen LogP contribution in [0, 0.1) is 20.8 Å². The van der Waals surface area contributed by atoms with Crippen molar-refractivity contribution in [3.05, 3.63) is 77.1 Å². The molecule has 2 aromatic carbocycles. The van der Waals surface area contributed by atoms with Crippen molar-refractivity contribution in [3.8, 4) is 0 Å². The number of benzene rings is 2. The molecule has 0 N–H and O–H groups in total. The first-order valence-electron chi connectivity index (χ1n) is 7.44. The maximum absolute atomic E-state index is 2.34. The van der Waals surface area contributed by atoms with Crippen molar-refractivity contribution in [1.82, 2.24) is 4.90 Å². The van der Waals surface area contributed by atoms with Crippen molar-refractivity contribution >= 4 is 5.69 Å². The highest BCUT2D eigenvalue weighted by atomic mass is 15.3. The second-order valence-electron chi connectivity index (χ2n) is 5.89. The van der Waals surface area contributed by atoms with Gasteiger partial charge in [-0.3, -0.25) is 0 Å². The summed E-state index contributed by atoms with van der Waals surface area (Å²) in [7, 11) is 0. The predicted molar refractivity (Wildman–Crippen MR) is 89.1 cm³/mol. The third-order valence-corrected chi connectivity index (χ3v) is 3.94. The van der Waals surface area contributed by atoms with E-state index in [4.69, 9.17) is 0 Å². The number of hydrogen-bond acceptors (Lipinski definition) is 2. The van der Waals surface area contributed by atoms with E-state index in [9.17, 15) is 0 Å². The molecule has 0 aromatic heterocycles. The van der Waals surface area contributed by atoms with Gasteiger partial charge in [0.25, 0.3) is 0 Å². The summed E-state index contributed by atoms with van der Waals surface area (Å²) in [5.74, 6) is 0. The number of anilines is 1. The van der Waals surface area contributed by atoms with Crippen LogP contribution in [-0.4, -0.2) is 11.6 Å². The lowest BCUT2D eigenvalue weighted by molar-refractivity contribution is 0.400. The topological polar surface area (TPSA) is 6.48 Å². The van der Waals surface area contributed by atoms with E-state index in [0.29, 0.717) is 0 Å². The Kier molecular flexibility index (Phi) is 3.70. The molecule has 1 heterocycles. The Balaban J connectivity index is 1.75. The van der Waals surface area contributed by atoms with Crippen molar-refractivity contribution in [2.24, 2.45) is 0 Å². The van der Waals surface area contributed by atoms with E-state index in [0.717, 1.165) is 13.2 Å². The molecular formula is C19H22N2. The lowest BCUT2D eigenvalue weighted by atomic mass is 10.0. The van der Waals surface area contributed by atoms with Crippen LogP contribution in [-0.2, 0) is 6.54 Å². The fourth-order valence-corrected chi connectivity index (χ4v) is 3.16. The molecule has 0 amide bonds. The minimum Gasteiger partial charge on any atom is -0.354 e. The zero-order valence-corrected chi connectivity index (χ0v) is 13.0. The first kappa shape index (κ1) is 13.7. The van der Waals surface area contributed by atoms with Gasteiger partial charge in [0.2, 0.25) is 0 Å². The molecule has 0 saturated carbocycles. The summed E-state index contributed by atoms with van der Waals surface area (Å²) in [6.07, 6.45) is 4.37. The van der Waals surface area contributed by atoms with Gasteiger partial charge in [0.1, 0.15) is 0 Å². The third-order valence-electron chi connectivity index (χ3n) is 3.94. The van der Waals surface area contributed by atoms with E-state index < -0.39 is 0 Å². The van der Waals surface area contributed by atoms with Crippen LogP contribution in [0.4, 0.5) is 5.69 Å². The molecule has 0 spiro atoms. The van der Waals surface area contributed by atoms with Crippen molar-refractivity contribution in [2.45, 2.75) is 27.3 Å². The van der Waals surface area contributed by atoms with Crippen LogP contribution in [0.2, 0.25) is 0 Å². The summed E-state index contributed by atoms with van der Waals surface area (Å²) in [5, 5.41) is 0. The summed E-state index contributed by atoms with van der Waals surface area (Å²) in [6.45, 7) is 8.43. The summed E-state index contributed by atoms with van der Waals surface area (Å²) >= 11 is 0. The normalized spacial score (nSPS) is 14.0. The van der Waals surface area contributed by atoms with Gasteiger partial charge in [0.15, 0.2) is 0 Å². The molecule has 3 rings (SSSR count). The van der Waals surface area contributed by atoms with Crippen LogP contribution in [0.15, 0.2) is 54.9 Å². The van der Waals surface area contributed by atoms with Gasteiger partial charge in [0, 0.05) is 24.6 Å². The molecule has 0 aliphatic carbocycles. The van der Waals surface area contributed by atoms with Crippen LogP contribution in [0.5, 0.6) is 0 Å². The zero-order valence-electron chi connectivity index (χ0n) is 13.0.